The van der Waals surface area contributed by atoms with Gasteiger partial charge in [0.25, 0.3) is 0 Å². The Balaban J connectivity index is 3.03. The van der Waals surface area contributed by atoms with Crippen molar-refractivity contribution in [3.05, 3.63) is 0 Å². The Hall–Kier alpha value is -0.180. The number of carbonyl (C=O) groups is 1. The van der Waals surface area contributed by atoms with Crippen molar-refractivity contribution in [3.63, 3.8) is 0 Å². The highest BCUT2D eigenvalue weighted by Gasteiger charge is 2.00. The minimum atomic E-state index is -0.0843. The smallest absolute Gasteiger partial charge is 0.317 e. The van der Waals surface area contributed by atoms with Gasteiger partial charge in [0, 0.05) is 12.7 Å². The molecule has 0 aliphatic heterocycles. The largest absolute Gasteiger partial charge is 0.392 e. The molecule has 0 heterocycles. The molecule has 0 aromatic carbocycles. The average molecular weight is 190 g/mol. The van der Waals surface area contributed by atoms with E-state index in [1.807, 2.05) is 0 Å². The molecule has 0 aromatic heterocycles. The van der Waals surface area contributed by atoms with Crippen LogP contribution in [0, 0.1) is 0 Å². The quantitative estimate of drug-likeness (QED) is 0.455. The highest BCUT2D eigenvalue weighted by molar-refractivity contribution is 7.94. The van der Waals surface area contributed by atoms with Crippen LogP contribution in [0.25, 0.3) is 0 Å². The van der Waals surface area contributed by atoms with Gasteiger partial charge in [-0.1, -0.05) is 32.6 Å². The summed E-state index contributed by atoms with van der Waals surface area (Å²) >= 11 is 1.13. The van der Waals surface area contributed by atoms with Crippen LogP contribution in [0.2, 0.25) is 0 Å². The zero-order valence-corrected chi connectivity index (χ0v) is 8.78. The van der Waals surface area contributed by atoms with Crippen LogP contribution in [-0.2, 0) is 8.98 Å². The maximum atomic E-state index is 10.8. The van der Waals surface area contributed by atoms with E-state index >= 15 is 0 Å². The molecule has 0 aromatic rings. The Morgan fingerprint density at radius 2 is 1.92 bits per heavy atom. The van der Waals surface area contributed by atoms with Crippen LogP contribution in [0.15, 0.2) is 0 Å². The van der Waals surface area contributed by atoms with Gasteiger partial charge in [0.05, 0.1) is 12.0 Å². The van der Waals surface area contributed by atoms with Gasteiger partial charge >= 0.3 is 5.97 Å². The molecule has 3 heteroatoms. The Bertz CT molecular complexity index is 115. The Kier molecular flexibility index (Phi) is 8.78. The first kappa shape index (κ1) is 11.8. The summed E-state index contributed by atoms with van der Waals surface area (Å²) in [6, 6.07) is 0. The molecule has 0 bridgehead atoms. The molecule has 0 aliphatic carbocycles. The molecule has 0 saturated heterocycles. The third kappa shape index (κ3) is 7.92. The fourth-order valence-electron chi connectivity index (χ4n) is 1.01. The van der Waals surface area contributed by atoms with E-state index in [-0.39, 0.29) is 5.97 Å². The van der Waals surface area contributed by atoms with Crippen LogP contribution in [-0.4, -0.2) is 12.2 Å². The maximum Gasteiger partial charge on any atom is 0.317 e. The summed E-state index contributed by atoms with van der Waals surface area (Å²) in [5, 5.41) is 0. The molecule has 12 heavy (non-hydrogen) atoms. The topological polar surface area (TPSA) is 26.3 Å². The molecule has 0 amide bonds. The van der Waals surface area contributed by atoms with Crippen molar-refractivity contribution < 1.29 is 8.98 Å². The molecule has 0 unspecified atom stereocenters. The van der Waals surface area contributed by atoms with Gasteiger partial charge in [0.15, 0.2) is 0 Å². The summed E-state index contributed by atoms with van der Waals surface area (Å²) in [6.07, 6.45) is 8.21. The molecule has 0 atom stereocenters. The van der Waals surface area contributed by atoms with Crippen LogP contribution >= 0.6 is 12.0 Å². The van der Waals surface area contributed by atoms with Crippen LogP contribution in [0.1, 0.15) is 45.4 Å². The summed E-state index contributed by atoms with van der Waals surface area (Å²) in [4.78, 5) is 10.8. The van der Waals surface area contributed by atoms with Gasteiger partial charge in [0.1, 0.15) is 0 Å². The standard InChI is InChI=1S/C9H18O2S/c1-3-4-5-6-7-8-9(10)11-12-2/h3-8H2,1-2H3. The van der Waals surface area contributed by atoms with Gasteiger partial charge in [-0.25, -0.2) is 0 Å². The van der Waals surface area contributed by atoms with Crippen LogP contribution in [0.3, 0.4) is 0 Å². The first-order valence-corrected chi connectivity index (χ1v) is 5.69. The van der Waals surface area contributed by atoms with E-state index in [0.29, 0.717) is 6.42 Å². The summed E-state index contributed by atoms with van der Waals surface area (Å²) in [5.41, 5.74) is 0. The van der Waals surface area contributed by atoms with Crippen molar-refractivity contribution in [1.29, 1.82) is 0 Å². The van der Waals surface area contributed by atoms with Gasteiger partial charge in [0.2, 0.25) is 0 Å². The van der Waals surface area contributed by atoms with Crippen molar-refractivity contribution in [2.24, 2.45) is 0 Å². The van der Waals surface area contributed by atoms with E-state index < -0.39 is 0 Å². The third-order valence-corrected chi connectivity index (χ3v) is 2.01. The van der Waals surface area contributed by atoms with E-state index in [9.17, 15) is 4.79 Å². The number of hydrogen-bond donors (Lipinski definition) is 0. The fraction of sp³-hybridized carbons (Fsp3) is 0.889. The third-order valence-electron chi connectivity index (χ3n) is 1.66. The van der Waals surface area contributed by atoms with Crippen molar-refractivity contribution >= 4 is 18.0 Å². The molecular weight excluding hydrogens is 172 g/mol. The monoisotopic (exact) mass is 190 g/mol. The number of unbranched alkanes of at least 4 members (excludes halogenated alkanes) is 4. The zero-order chi connectivity index (χ0) is 9.23. The molecule has 0 N–H and O–H groups in total. The highest BCUT2D eigenvalue weighted by Crippen LogP contribution is 2.07. The second-order valence-electron chi connectivity index (χ2n) is 2.79. The predicted octanol–water partition coefficient (Wildman–Crippen LogP) is 3.17. The van der Waals surface area contributed by atoms with Gasteiger partial charge in [-0.15, -0.1) is 0 Å². The lowest BCUT2D eigenvalue weighted by Gasteiger charge is -1.99. The number of rotatable bonds is 7. The predicted molar refractivity (Wildman–Crippen MR) is 53.0 cm³/mol. The summed E-state index contributed by atoms with van der Waals surface area (Å²) < 4.78 is 4.73. The normalized spacial score (nSPS) is 9.83. The van der Waals surface area contributed by atoms with Crippen molar-refractivity contribution in [1.82, 2.24) is 0 Å². The SMILES string of the molecule is CCCCCCCC(=O)OSC. The Labute approximate surface area is 79.3 Å². The molecule has 72 valence electrons. The second-order valence-corrected chi connectivity index (χ2v) is 3.29. The van der Waals surface area contributed by atoms with E-state index in [4.69, 9.17) is 4.18 Å². The molecule has 0 fully saturated rings. The maximum absolute atomic E-state index is 10.8. The molecule has 0 aliphatic rings. The van der Waals surface area contributed by atoms with Crippen LogP contribution < -0.4 is 0 Å². The van der Waals surface area contributed by atoms with Crippen molar-refractivity contribution in [3.8, 4) is 0 Å². The molecular formula is C9H18O2S. The minimum absolute atomic E-state index is 0.0843. The molecule has 2 nitrogen and oxygen atoms in total. The van der Waals surface area contributed by atoms with Crippen molar-refractivity contribution in [2.45, 2.75) is 45.4 Å². The second kappa shape index (κ2) is 8.91. The summed E-state index contributed by atoms with van der Waals surface area (Å²) in [5.74, 6) is -0.0843. The minimum Gasteiger partial charge on any atom is -0.392 e. The highest BCUT2D eigenvalue weighted by atomic mass is 32.2. The lowest BCUT2D eigenvalue weighted by molar-refractivity contribution is -0.133. The van der Waals surface area contributed by atoms with E-state index in [1.165, 1.54) is 19.3 Å². The molecule has 0 rings (SSSR count). The lowest BCUT2D eigenvalue weighted by Crippen LogP contribution is -1.97. The van der Waals surface area contributed by atoms with E-state index in [2.05, 4.69) is 6.92 Å². The summed E-state index contributed by atoms with van der Waals surface area (Å²) in [6.45, 7) is 2.18. The van der Waals surface area contributed by atoms with Crippen molar-refractivity contribution in [2.75, 3.05) is 6.26 Å². The Morgan fingerprint density at radius 3 is 2.50 bits per heavy atom. The first-order chi connectivity index (χ1) is 5.81. The fourth-order valence-corrected chi connectivity index (χ4v) is 1.28. The van der Waals surface area contributed by atoms with Gasteiger partial charge in [-0.05, 0) is 6.42 Å². The lowest BCUT2D eigenvalue weighted by atomic mass is 10.1. The van der Waals surface area contributed by atoms with Gasteiger partial charge < -0.3 is 4.18 Å². The van der Waals surface area contributed by atoms with Crippen LogP contribution in [0.5, 0.6) is 0 Å². The number of carbonyl (C=O) groups excluding carboxylic acids is 1. The van der Waals surface area contributed by atoms with E-state index in [0.717, 1.165) is 24.9 Å². The van der Waals surface area contributed by atoms with Gasteiger partial charge in [-0.2, -0.15) is 0 Å². The Morgan fingerprint density at radius 1 is 1.25 bits per heavy atom. The van der Waals surface area contributed by atoms with Crippen LogP contribution in [0.4, 0.5) is 0 Å². The molecule has 0 saturated carbocycles. The van der Waals surface area contributed by atoms with Gasteiger partial charge in [-0.3, -0.25) is 4.79 Å². The first-order valence-electron chi connectivity index (χ1n) is 4.54. The number of hydrogen-bond acceptors (Lipinski definition) is 3. The summed E-state index contributed by atoms with van der Waals surface area (Å²) in [7, 11) is 0. The van der Waals surface area contributed by atoms with E-state index in [1.54, 1.807) is 6.26 Å². The zero-order valence-electron chi connectivity index (χ0n) is 7.97. The molecule has 0 radical (unpaired) electrons. The average Bonchev–Trinajstić information content (AvgIpc) is 2.05. The molecule has 0 spiro atoms.